The fraction of sp³-hybridized carbons (Fsp3) is 0.294. The van der Waals surface area contributed by atoms with Crippen molar-refractivity contribution < 1.29 is 4.39 Å². The second-order valence-corrected chi connectivity index (χ2v) is 5.75. The Labute approximate surface area is 122 Å². The van der Waals surface area contributed by atoms with E-state index in [-0.39, 0.29) is 5.82 Å². The summed E-state index contributed by atoms with van der Waals surface area (Å²) >= 11 is 3.55. The van der Waals surface area contributed by atoms with E-state index >= 15 is 0 Å². The smallest absolute Gasteiger partial charge is 0.123 e. The molecule has 100 valence electrons. The van der Waals surface area contributed by atoms with Crippen molar-refractivity contribution in [1.82, 2.24) is 0 Å². The Balaban J connectivity index is 2.23. The van der Waals surface area contributed by atoms with E-state index in [2.05, 4.69) is 48.0 Å². The fourth-order valence-corrected chi connectivity index (χ4v) is 3.10. The molecule has 0 aromatic heterocycles. The molecule has 0 aliphatic rings. The van der Waals surface area contributed by atoms with E-state index in [4.69, 9.17) is 0 Å². The molecule has 0 saturated heterocycles. The van der Waals surface area contributed by atoms with Crippen LogP contribution in [0.4, 0.5) is 4.39 Å². The largest absolute Gasteiger partial charge is 0.207 e. The quantitative estimate of drug-likeness (QED) is 0.682. The lowest BCUT2D eigenvalue weighted by atomic mass is 9.92. The highest BCUT2D eigenvalue weighted by atomic mass is 79.9. The zero-order valence-corrected chi connectivity index (χ0v) is 12.9. The molecule has 0 bridgehead atoms. The summed E-state index contributed by atoms with van der Waals surface area (Å²) < 4.78 is 13.3. The van der Waals surface area contributed by atoms with E-state index in [1.807, 2.05) is 6.07 Å². The van der Waals surface area contributed by atoms with Gasteiger partial charge in [0.25, 0.3) is 0 Å². The van der Waals surface area contributed by atoms with Crippen LogP contribution in [0.3, 0.4) is 0 Å². The average molecular weight is 321 g/mol. The molecule has 0 radical (unpaired) electrons. The first-order valence-electron chi connectivity index (χ1n) is 6.47. The molecule has 2 heteroatoms. The summed E-state index contributed by atoms with van der Waals surface area (Å²) in [6, 6.07) is 13.5. The normalized spacial score (nSPS) is 12.4. The summed E-state index contributed by atoms with van der Waals surface area (Å²) in [4.78, 5) is 0. The Kier molecular flexibility index (Phi) is 4.76. The third-order valence-corrected chi connectivity index (χ3v) is 4.05. The molecule has 19 heavy (non-hydrogen) atoms. The Morgan fingerprint density at radius 3 is 2.32 bits per heavy atom. The maximum atomic E-state index is 13.3. The lowest BCUT2D eigenvalue weighted by molar-refractivity contribution is 0.621. The second-order valence-electron chi connectivity index (χ2n) is 5.11. The maximum absolute atomic E-state index is 13.3. The molecule has 1 unspecified atom stereocenters. The van der Waals surface area contributed by atoms with Crippen LogP contribution in [0.1, 0.15) is 28.2 Å². The van der Waals surface area contributed by atoms with Gasteiger partial charge in [-0.3, -0.25) is 0 Å². The van der Waals surface area contributed by atoms with Crippen molar-refractivity contribution >= 4 is 15.9 Å². The number of rotatable bonds is 4. The van der Waals surface area contributed by atoms with Gasteiger partial charge in [0.1, 0.15) is 5.82 Å². The van der Waals surface area contributed by atoms with Crippen LogP contribution in [-0.4, -0.2) is 5.33 Å². The van der Waals surface area contributed by atoms with Crippen LogP contribution in [0.15, 0.2) is 42.5 Å². The molecule has 0 heterocycles. The van der Waals surface area contributed by atoms with Crippen molar-refractivity contribution in [3.05, 3.63) is 70.5 Å². The molecule has 0 aliphatic heterocycles. The van der Waals surface area contributed by atoms with Gasteiger partial charge in [-0.05, 0) is 49.4 Å². The van der Waals surface area contributed by atoms with Gasteiger partial charge >= 0.3 is 0 Å². The Morgan fingerprint density at radius 1 is 1.05 bits per heavy atom. The standard InChI is InChI=1S/C17H18BrF/c1-12-6-13(2)8-14(7-12)9-16(11-18)15-4-3-5-17(19)10-15/h3-8,10,16H,9,11H2,1-2H3. The summed E-state index contributed by atoms with van der Waals surface area (Å²) in [6.07, 6.45) is 0.928. The van der Waals surface area contributed by atoms with Gasteiger partial charge in [-0.15, -0.1) is 0 Å². The summed E-state index contributed by atoms with van der Waals surface area (Å²) in [5.41, 5.74) is 4.92. The summed E-state index contributed by atoms with van der Waals surface area (Å²) in [6.45, 7) is 4.23. The van der Waals surface area contributed by atoms with E-state index in [0.717, 1.165) is 17.3 Å². The molecule has 2 aromatic rings. The Morgan fingerprint density at radius 2 is 1.74 bits per heavy atom. The monoisotopic (exact) mass is 320 g/mol. The average Bonchev–Trinajstić information content (AvgIpc) is 2.34. The predicted octanol–water partition coefficient (Wildman–Crippen LogP) is 5.16. The number of aryl methyl sites for hydroxylation is 2. The van der Waals surface area contributed by atoms with Gasteiger partial charge in [0, 0.05) is 5.33 Å². The van der Waals surface area contributed by atoms with Gasteiger partial charge in [0.2, 0.25) is 0 Å². The third kappa shape index (κ3) is 3.90. The topological polar surface area (TPSA) is 0 Å². The number of hydrogen-bond acceptors (Lipinski definition) is 0. The molecule has 0 aliphatic carbocycles. The Hall–Kier alpha value is -1.15. The molecular weight excluding hydrogens is 303 g/mol. The molecule has 0 nitrogen and oxygen atoms in total. The van der Waals surface area contributed by atoms with Gasteiger partial charge in [0.15, 0.2) is 0 Å². The van der Waals surface area contributed by atoms with Crippen molar-refractivity contribution in [2.75, 3.05) is 5.33 Å². The van der Waals surface area contributed by atoms with Crippen molar-refractivity contribution in [1.29, 1.82) is 0 Å². The molecule has 0 amide bonds. The maximum Gasteiger partial charge on any atom is 0.123 e. The molecule has 2 rings (SSSR count). The van der Waals surface area contributed by atoms with Crippen molar-refractivity contribution in [2.24, 2.45) is 0 Å². The van der Waals surface area contributed by atoms with E-state index in [9.17, 15) is 4.39 Å². The van der Waals surface area contributed by atoms with Crippen molar-refractivity contribution in [3.8, 4) is 0 Å². The number of alkyl halides is 1. The van der Waals surface area contributed by atoms with E-state index < -0.39 is 0 Å². The van der Waals surface area contributed by atoms with Gasteiger partial charge < -0.3 is 0 Å². The van der Waals surface area contributed by atoms with Gasteiger partial charge in [0.05, 0.1) is 0 Å². The van der Waals surface area contributed by atoms with Gasteiger partial charge in [-0.25, -0.2) is 4.39 Å². The minimum absolute atomic E-state index is 0.163. The van der Waals surface area contributed by atoms with Crippen molar-refractivity contribution in [2.45, 2.75) is 26.2 Å². The van der Waals surface area contributed by atoms with Crippen molar-refractivity contribution in [3.63, 3.8) is 0 Å². The zero-order chi connectivity index (χ0) is 13.8. The van der Waals surface area contributed by atoms with Crippen LogP contribution >= 0.6 is 15.9 Å². The number of benzene rings is 2. The highest BCUT2D eigenvalue weighted by molar-refractivity contribution is 9.09. The second kappa shape index (κ2) is 6.33. The van der Waals surface area contributed by atoms with E-state index in [0.29, 0.717) is 5.92 Å². The minimum Gasteiger partial charge on any atom is -0.207 e. The van der Waals surface area contributed by atoms with Crippen LogP contribution in [0, 0.1) is 19.7 Å². The molecular formula is C17H18BrF. The van der Waals surface area contributed by atoms with Crippen LogP contribution in [-0.2, 0) is 6.42 Å². The first kappa shape index (κ1) is 14.3. The van der Waals surface area contributed by atoms with E-state index in [1.54, 1.807) is 12.1 Å². The number of hydrogen-bond donors (Lipinski definition) is 0. The van der Waals surface area contributed by atoms with Gasteiger partial charge in [-0.1, -0.05) is 57.4 Å². The van der Waals surface area contributed by atoms with Crippen LogP contribution in [0.5, 0.6) is 0 Å². The molecule has 0 spiro atoms. The zero-order valence-electron chi connectivity index (χ0n) is 11.3. The van der Waals surface area contributed by atoms with E-state index in [1.165, 1.54) is 22.8 Å². The highest BCUT2D eigenvalue weighted by Crippen LogP contribution is 2.24. The fourth-order valence-electron chi connectivity index (χ4n) is 2.49. The third-order valence-electron chi connectivity index (χ3n) is 3.27. The molecule has 0 N–H and O–H groups in total. The van der Waals surface area contributed by atoms with Crippen LogP contribution in [0.25, 0.3) is 0 Å². The summed E-state index contributed by atoms with van der Waals surface area (Å²) in [5, 5.41) is 0.837. The molecule has 0 saturated carbocycles. The summed E-state index contributed by atoms with van der Waals surface area (Å²) in [7, 11) is 0. The first-order chi connectivity index (χ1) is 9.08. The van der Waals surface area contributed by atoms with Gasteiger partial charge in [-0.2, -0.15) is 0 Å². The highest BCUT2D eigenvalue weighted by Gasteiger charge is 2.12. The first-order valence-corrected chi connectivity index (χ1v) is 7.59. The summed E-state index contributed by atoms with van der Waals surface area (Å²) in [5.74, 6) is 0.140. The SMILES string of the molecule is Cc1cc(C)cc(CC(CBr)c2cccc(F)c2)c1. The minimum atomic E-state index is -0.163. The van der Waals surface area contributed by atoms with Crippen LogP contribution in [0.2, 0.25) is 0 Å². The molecule has 1 atom stereocenters. The number of halogens is 2. The molecule has 2 aromatic carbocycles. The predicted molar refractivity (Wildman–Crippen MR) is 82.6 cm³/mol. The molecule has 0 fully saturated rings. The van der Waals surface area contributed by atoms with Crippen LogP contribution < -0.4 is 0 Å². The lowest BCUT2D eigenvalue weighted by Gasteiger charge is -2.15. The lowest BCUT2D eigenvalue weighted by Crippen LogP contribution is -2.05. The Bertz CT molecular complexity index is 543.